The van der Waals surface area contributed by atoms with Crippen LogP contribution in [0.25, 0.3) is 0 Å². The highest BCUT2D eigenvalue weighted by atomic mass is 79.9. The molecule has 0 unspecified atom stereocenters. The van der Waals surface area contributed by atoms with Crippen molar-refractivity contribution in [2.24, 2.45) is 0 Å². The SMILES string of the molecule is C[C@@H]1CN(Cc2ccc(F)cc2)[C@@H](C)CN1C(=O)COc1ccc(Br)cc1F. The fourth-order valence-electron chi connectivity index (χ4n) is 3.40. The van der Waals surface area contributed by atoms with Gasteiger partial charge in [-0.3, -0.25) is 9.69 Å². The number of carbonyl (C=O) groups is 1. The molecule has 1 saturated heterocycles. The van der Waals surface area contributed by atoms with Gasteiger partial charge in [0.25, 0.3) is 5.91 Å². The average molecular weight is 453 g/mol. The molecular formula is C21H23BrF2N2O2. The average Bonchev–Trinajstić information content (AvgIpc) is 2.65. The van der Waals surface area contributed by atoms with Gasteiger partial charge in [-0.05, 0) is 49.7 Å². The summed E-state index contributed by atoms with van der Waals surface area (Å²) < 4.78 is 32.9. The molecule has 1 aliphatic heterocycles. The second-order valence-electron chi connectivity index (χ2n) is 7.16. The Morgan fingerprint density at radius 3 is 2.50 bits per heavy atom. The van der Waals surface area contributed by atoms with Crippen molar-refractivity contribution >= 4 is 21.8 Å². The van der Waals surface area contributed by atoms with Crippen molar-refractivity contribution in [3.05, 3.63) is 64.1 Å². The number of ether oxygens (including phenoxy) is 1. The van der Waals surface area contributed by atoms with Crippen LogP contribution in [0.2, 0.25) is 0 Å². The molecule has 0 spiro atoms. The number of carbonyl (C=O) groups excluding carboxylic acids is 1. The Labute approximate surface area is 172 Å². The lowest BCUT2D eigenvalue weighted by Crippen LogP contribution is -2.58. The minimum absolute atomic E-state index is 0.00233. The lowest BCUT2D eigenvalue weighted by atomic mass is 10.1. The van der Waals surface area contributed by atoms with Gasteiger partial charge < -0.3 is 9.64 Å². The first kappa shape index (κ1) is 20.7. The van der Waals surface area contributed by atoms with Gasteiger partial charge in [-0.15, -0.1) is 0 Å². The fraction of sp³-hybridized carbons (Fsp3) is 0.381. The molecule has 0 bridgehead atoms. The Kier molecular flexibility index (Phi) is 6.67. The first-order valence-corrected chi connectivity index (χ1v) is 9.98. The molecule has 1 aliphatic rings. The van der Waals surface area contributed by atoms with E-state index in [0.717, 1.165) is 5.56 Å². The van der Waals surface area contributed by atoms with E-state index in [9.17, 15) is 13.6 Å². The van der Waals surface area contributed by atoms with Crippen molar-refractivity contribution in [2.45, 2.75) is 32.5 Å². The fourth-order valence-corrected chi connectivity index (χ4v) is 3.74. The van der Waals surface area contributed by atoms with Crippen LogP contribution in [0.15, 0.2) is 46.9 Å². The van der Waals surface area contributed by atoms with Crippen LogP contribution < -0.4 is 4.74 Å². The quantitative estimate of drug-likeness (QED) is 0.680. The molecule has 1 amide bonds. The minimum Gasteiger partial charge on any atom is -0.481 e. The summed E-state index contributed by atoms with van der Waals surface area (Å²) in [6.45, 7) is 5.82. The van der Waals surface area contributed by atoms with Gasteiger partial charge in [-0.2, -0.15) is 0 Å². The maximum atomic E-state index is 13.9. The zero-order chi connectivity index (χ0) is 20.3. The summed E-state index contributed by atoms with van der Waals surface area (Å²) in [4.78, 5) is 16.7. The van der Waals surface area contributed by atoms with Crippen LogP contribution in [-0.4, -0.2) is 47.5 Å². The van der Waals surface area contributed by atoms with Gasteiger partial charge in [0.15, 0.2) is 18.2 Å². The number of hydrogen-bond donors (Lipinski definition) is 0. The molecule has 0 aromatic heterocycles. The molecule has 28 heavy (non-hydrogen) atoms. The van der Waals surface area contributed by atoms with E-state index in [2.05, 4.69) is 27.8 Å². The van der Waals surface area contributed by atoms with E-state index >= 15 is 0 Å². The van der Waals surface area contributed by atoms with E-state index in [1.165, 1.54) is 24.3 Å². The third kappa shape index (κ3) is 5.08. The van der Waals surface area contributed by atoms with E-state index < -0.39 is 5.82 Å². The summed E-state index contributed by atoms with van der Waals surface area (Å²) in [5, 5.41) is 0. The smallest absolute Gasteiger partial charge is 0.260 e. The summed E-state index contributed by atoms with van der Waals surface area (Å²) in [5.41, 5.74) is 1.04. The van der Waals surface area contributed by atoms with Crippen molar-refractivity contribution in [1.29, 1.82) is 0 Å². The van der Waals surface area contributed by atoms with Crippen LogP contribution in [-0.2, 0) is 11.3 Å². The van der Waals surface area contributed by atoms with Gasteiger partial charge in [0.1, 0.15) is 5.82 Å². The molecule has 2 aromatic rings. The normalized spacial score (nSPS) is 20.2. The minimum atomic E-state index is -0.507. The summed E-state index contributed by atoms with van der Waals surface area (Å²) in [7, 11) is 0. The Balaban J connectivity index is 1.57. The number of hydrogen-bond acceptors (Lipinski definition) is 3. The second-order valence-corrected chi connectivity index (χ2v) is 8.08. The van der Waals surface area contributed by atoms with E-state index in [1.807, 2.05) is 6.92 Å². The van der Waals surface area contributed by atoms with E-state index in [-0.39, 0.29) is 36.2 Å². The summed E-state index contributed by atoms with van der Waals surface area (Å²) in [6, 6.07) is 11.1. The van der Waals surface area contributed by atoms with Gasteiger partial charge in [0.2, 0.25) is 0 Å². The monoisotopic (exact) mass is 452 g/mol. The Morgan fingerprint density at radius 2 is 1.82 bits per heavy atom. The van der Waals surface area contributed by atoms with Crippen LogP contribution >= 0.6 is 15.9 Å². The highest BCUT2D eigenvalue weighted by Crippen LogP contribution is 2.22. The maximum absolute atomic E-state index is 13.9. The molecule has 0 N–H and O–H groups in total. The van der Waals surface area contributed by atoms with Crippen molar-refractivity contribution < 1.29 is 18.3 Å². The molecule has 2 atom stereocenters. The van der Waals surface area contributed by atoms with Crippen LogP contribution in [0.5, 0.6) is 5.75 Å². The second kappa shape index (κ2) is 9.01. The number of rotatable bonds is 5. The van der Waals surface area contributed by atoms with Crippen molar-refractivity contribution in [2.75, 3.05) is 19.7 Å². The highest BCUT2D eigenvalue weighted by molar-refractivity contribution is 9.10. The maximum Gasteiger partial charge on any atom is 0.260 e. The molecule has 3 rings (SSSR count). The molecule has 0 radical (unpaired) electrons. The summed E-state index contributed by atoms with van der Waals surface area (Å²) in [6.07, 6.45) is 0. The van der Waals surface area contributed by atoms with Gasteiger partial charge in [0.05, 0.1) is 0 Å². The third-order valence-electron chi connectivity index (χ3n) is 4.98. The Morgan fingerprint density at radius 1 is 1.11 bits per heavy atom. The van der Waals surface area contributed by atoms with Crippen LogP contribution in [0.1, 0.15) is 19.4 Å². The van der Waals surface area contributed by atoms with E-state index in [0.29, 0.717) is 24.1 Å². The largest absolute Gasteiger partial charge is 0.481 e. The number of amides is 1. The summed E-state index contributed by atoms with van der Waals surface area (Å²) in [5.74, 6) is -0.856. The van der Waals surface area contributed by atoms with Gasteiger partial charge in [-0.25, -0.2) is 8.78 Å². The molecule has 150 valence electrons. The predicted octanol–water partition coefficient (Wildman–Crippen LogP) is 4.23. The molecule has 0 saturated carbocycles. The lowest BCUT2D eigenvalue weighted by Gasteiger charge is -2.44. The zero-order valence-corrected chi connectivity index (χ0v) is 17.5. The topological polar surface area (TPSA) is 32.8 Å². The van der Waals surface area contributed by atoms with Crippen molar-refractivity contribution in [3.63, 3.8) is 0 Å². The van der Waals surface area contributed by atoms with E-state index in [4.69, 9.17) is 4.74 Å². The lowest BCUT2D eigenvalue weighted by molar-refractivity contribution is -0.139. The van der Waals surface area contributed by atoms with Crippen molar-refractivity contribution in [1.82, 2.24) is 9.80 Å². The summed E-state index contributed by atoms with van der Waals surface area (Å²) >= 11 is 3.19. The molecule has 0 aliphatic carbocycles. The number of nitrogens with zero attached hydrogens (tertiary/aromatic N) is 2. The first-order valence-electron chi connectivity index (χ1n) is 9.19. The standard InChI is InChI=1S/C21H23BrF2N2O2/c1-14-11-26(21(27)13-28-20-8-5-17(22)9-19(20)24)15(2)10-25(14)12-16-3-6-18(23)7-4-16/h3-9,14-15H,10-13H2,1-2H3/t14-,15+/m0/s1. The van der Waals surface area contributed by atoms with Crippen LogP contribution in [0.3, 0.4) is 0 Å². The molecule has 2 aromatic carbocycles. The molecule has 1 heterocycles. The Bertz CT molecular complexity index is 832. The van der Waals surface area contributed by atoms with Crippen LogP contribution in [0.4, 0.5) is 8.78 Å². The molecule has 4 nitrogen and oxygen atoms in total. The molecule has 1 fully saturated rings. The zero-order valence-electron chi connectivity index (χ0n) is 15.9. The van der Waals surface area contributed by atoms with Gasteiger partial charge in [0, 0.05) is 36.2 Å². The van der Waals surface area contributed by atoms with Crippen LogP contribution in [0, 0.1) is 11.6 Å². The van der Waals surface area contributed by atoms with Gasteiger partial charge >= 0.3 is 0 Å². The number of piperazine rings is 1. The predicted molar refractivity (Wildman–Crippen MR) is 107 cm³/mol. The number of halogens is 3. The number of benzene rings is 2. The third-order valence-corrected chi connectivity index (χ3v) is 5.47. The molecule has 7 heteroatoms. The highest BCUT2D eigenvalue weighted by Gasteiger charge is 2.32. The molecular weight excluding hydrogens is 430 g/mol. The Hall–Kier alpha value is -1.99. The van der Waals surface area contributed by atoms with Crippen molar-refractivity contribution in [3.8, 4) is 5.75 Å². The van der Waals surface area contributed by atoms with Gasteiger partial charge in [-0.1, -0.05) is 28.1 Å². The van der Waals surface area contributed by atoms with E-state index in [1.54, 1.807) is 23.1 Å². The first-order chi connectivity index (χ1) is 13.3.